The van der Waals surface area contributed by atoms with Crippen LogP contribution in [0.2, 0.25) is 0 Å². The fourth-order valence-electron chi connectivity index (χ4n) is 1.77. The van der Waals surface area contributed by atoms with Crippen LogP contribution in [0, 0.1) is 6.92 Å². The molecule has 3 aromatic rings. The third-order valence-electron chi connectivity index (χ3n) is 2.86. The fraction of sp³-hybridized carbons (Fsp3) is 0.0667. The third kappa shape index (κ3) is 2.48. The number of nitrogens with zero attached hydrogens (tertiary/aromatic N) is 2. The summed E-state index contributed by atoms with van der Waals surface area (Å²) in [5, 5.41) is 15.7. The normalized spacial score (nSPS) is 11.2. The van der Waals surface area contributed by atoms with Crippen molar-refractivity contribution in [1.82, 2.24) is 10.1 Å². The molecule has 0 saturated carbocycles. The monoisotopic (exact) mass is 284 g/mol. The van der Waals surface area contributed by atoms with Crippen molar-refractivity contribution < 1.29 is 9.63 Å². The summed E-state index contributed by atoms with van der Waals surface area (Å²) in [6, 6.07) is 8.94. The highest BCUT2D eigenvalue weighted by Gasteiger charge is 2.10. The van der Waals surface area contributed by atoms with Crippen molar-refractivity contribution in [2.24, 2.45) is 0 Å². The van der Waals surface area contributed by atoms with Crippen molar-refractivity contribution >= 4 is 23.5 Å². The molecule has 20 heavy (non-hydrogen) atoms. The molecule has 4 nitrogen and oxygen atoms in total. The highest BCUT2D eigenvalue weighted by molar-refractivity contribution is 7.11. The van der Waals surface area contributed by atoms with Crippen LogP contribution >= 0.6 is 11.3 Å². The lowest BCUT2D eigenvalue weighted by Gasteiger charge is -1.96. The van der Waals surface area contributed by atoms with Gasteiger partial charge in [-0.05, 0) is 48.2 Å². The average Bonchev–Trinajstić information content (AvgIpc) is 3.06. The van der Waals surface area contributed by atoms with Crippen molar-refractivity contribution in [3.8, 4) is 17.2 Å². The van der Waals surface area contributed by atoms with E-state index in [9.17, 15) is 5.11 Å². The summed E-state index contributed by atoms with van der Waals surface area (Å²) < 4.78 is 5.16. The van der Waals surface area contributed by atoms with Gasteiger partial charge in [0, 0.05) is 4.88 Å². The Morgan fingerprint density at radius 2 is 2.05 bits per heavy atom. The molecule has 0 unspecified atom stereocenters. The number of aromatic hydroxyl groups is 1. The number of hydrogen-bond donors (Lipinski definition) is 1. The second-order valence-electron chi connectivity index (χ2n) is 4.28. The Balaban J connectivity index is 1.86. The van der Waals surface area contributed by atoms with E-state index in [-0.39, 0.29) is 5.75 Å². The molecule has 0 saturated heterocycles. The molecule has 0 fully saturated rings. The van der Waals surface area contributed by atoms with Crippen molar-refractivity contribution in [3.63, 3.8) is 0 Å². The highest BCUT2D eigenvalue weighted by Crippen LogP contribution is 2.27. The molecule has 0 bridgehead atoms. The second kappa shape index (κ2) is 5.30. The minimum Gasteiger partial charge on any atom is -0.507 e. The Morgan fingerprint density at radius 3 is 2.80 bits per heavy atom. The van der Waals surface area contributed by atoms with E-state index in [0.29, 0.717) is 17.3 Å². The lowest BCUT2D eigenvalue weighted by molar-refractivity contribution is 0.423. The first-order valence-electron chi connectivity index (χ1n) is 6.08. The fourth-order valence-corrected chi connectivity index (χ4v) is 2.59. The Bertz CT molecular complexity index is 759. The summed E-state index contributed by atoms with van der Waals surface area (Å²) in [5.74, 6) is 0.919. The average molecular weight is 284 g/mol. The van der Waals surface area contributed by atoms with Gasteiger partial charge in [0.25, 0.3) is 5.89 Å². The second-order valence-corrected chi connectivity index (χ2v) is 5.22. The number of para-hydroxylation sites is 1. The summed E-state index contributed by atoms with van der Waals surface area (Å²) in [7, 11) is 0. The van der Waals surface area contributed by atoms with Crippen molar-refractivity contribution in [2.45, 2.75) is 6.92 Å². The van der Waals surface area contributed by atoms with Crippen LogP contribution in [0.1, 0.15) is 16.3 Å². The van der Waals surface area contributed by atoms with E-state index >= 15 is 0 Å². The number of phenols is 1. The number of phenolic OH excluding ortho intramolecular Hbond substituents is 1. The van der Waals surface area contributed by atoms with Gasteiger partial charge in [-0.2, -0.15) is 4.98 Å². The van der Waals surface area contributed by atoms with E-state index < -0.39 is 0 Å². The Morgan fingerprint density at radius 1 is 1.20 bits per heavy atom. The number of hydrogen-bond acceptors (Lipinski definition) is 5. The molecule has 1 N–H and O–H groups in total. The van der Waals surface area contributed by atoms with Crippen LogP contribution in [0.15, 0.2) is 40.2 Å². The van der Waals surface area contributed by atoms with E-state index in [1.807, 2.05) is 17.5 Å². The zero-order chi connectivity index (χ0) is 13.9. The maximum Gasteiger partial charge on any atom is 0.261 e. The smallest absolute Gasteiger partial charge is 0.261 e. The topological polar surface area (TPSA) is 59.2 Å². The molecule has 5 heteroatoms. The first-order valence-corrected chi connectivity index (χ1v) is 6.96. The lowest BCUT2D eigenvalue weighted by Crippen LogP contribution is -1.79. The van der Waals surface area contributed by atoms with Gasteiger partial charge in [0.1, 0.15) is 5.75 Å². The molecular formula is C15H12N2O2S. The van der Waals surface area contributed by atoms with Crippen LogP contribution in [-0.4, -0.2) is 15.2 Å². The van der Waals surface area contributed by atoms with Crippen LogP contribution in [0.4, 0.5) is 0 Å². The van der Waals surface area contributed by atoms with Crippen molar-refractivity contribution in [2.75, 3.05) is 0 Å². The van der Waals surface area contributed by atoms with Gasteiger partial charge in [0.15, 0.2) is 5.82 Å². The van der Waals surface area contributed by atoms with E-state index in [4.69, 9.17) is 4.52 Å². The third-order valence-corrected chi connectivity index (χ3v) is 3.85. The van der Waals surface area contributed by atoms with Crippen molar-refractivity contribution in [1.29, 1.82) is 0 Å². The summed E-state index contributed by atoms with van der Waals surface area (Å²) in [6.07, 6.45) is 3.76. The van der Waals surface area contributed by atoms with Crippen LogP contribution in [0.5, 0.6) is 5.75 Å². The van der Waals surface area contributed by atoms with Crippen molar-refractivity contribution in [3.05, 3.63) is 52.0 Å². The van der Waals surface area contributed by atoms with E-state index in [1.165, 1.54) is 10.4 Å². The molecule has 0 aliphatic carbocycles. The SMILES string of the molecule is Cc1ccsc1C=Cc1noc(-c2ccccc2O)n1. The predicted octanol–water partition coefficient (Wildman–Crippen LogP) is 3.98. The summed E-state index contributed by atoms with van der Waals surface area (Å²) in [4.78, 5) is 5.42. The lowest BCUT2D eigenvalue weighted by atomic mass is 10.2. The van der Waals surface area contributed by atoms with E-state index in [0.717, 1.165) is 0 Å². The zero-order valence-electron chi connectivity index (χ0n) is 10.8. The molecule has 0 atom stereocenters. The van der Waals surface area contributed by atoms with Gasteiger partial charge in [-0.3, -0.25) is 0 Å². The molecule has 3 rings (SSSR count). The van der Waals surface area contributed by atoms with Crippen LogP contribution in [0.25, 0.3) is 23.6 Å². The first-order chi connectivity index (χ1) is 9.74. The van der Waals surface area contributed by atoms with Crippen LogP contribution < -0.4 is 0 Å². The maximum atomic E-state index is 9.75. The quantitative estimate of drug-likeness (QED) is 0.790. The molecule has 0 amide bonds. The van der Waals surface area contributed by atoms with Gasteiger partial charge in [-0.25, -0.2) is 0 Å². The van der Waals surface area contributed by atoms with E-state index in [1.54, 1.807) is 35.6 Å². The number of rotatable bonds is 3. The first kappa shape index (κ1) is 12.6. The maximum absolute atomic E-state index is 9.75. The minimum absolute atomic E-state index is 0.126. The summed E-state index contributed by atoms with van der Waals surface area (Å²) in [5.41, 5.74) is 1.75. The minimum atomic E-state index is 0.126. The van der Waals surface area contributed by atoms with Gasteiger partial charge in [-0.1, -0.05) is 17.3 Å². The van der Waals surface area contributed by atoms with Crippen LogP contribution in [-0.2, 0) is 0 Å². The molecule has 2 aromatic heterocycles. The molecule has 0 radical (unpaired) electrons. The number of aryl methyl sites for hydroxylation is 1. The van der Waals surface area contributed by atoms with Gasteiger partial charge in [0.05, 0.1) is 5.56 Å². The molecule has 2 heterocycles. The Kier molecular flexibility index (Phi) is 3.35. The van der Waals surface area contributed by atoms with Gasteiger partial charge in [0.2, 0.25) is 0 Å². The predicted molar refractivity (Wildman–Crippen MR) is 79.4 cm³/mol. The number of benzene rings is 1. The van der Waals surface area contributed by atoms with Gasteiger partial charge in [-0.15, -0.1) is 11.3 Å². The number of aromatic nitrogens is 2. The van der Waals surface area contributed by atoms with Crippen LogP contribution in [0.3, 0.4) is 0 Å². The highest BCUT2D eigenvalue weighted by atomic mass is 32.1. The standard InChI is InChI=1S/C15H12N2O2S/c1-10-8-9-20-13(10)6-7-14-16-15(19-17-14)11-4-2-3-5-12(11)18/h2-9,18H,1H3. The largest absolute Gasteiger partial charge is 0.507 e. The zero-order valence-corrected chi connectivity index (χ0v) is 11.6. The summed E-state index contributed by atoms with van der Waals surface area (Å²) >= 11 is 1.66. The van der Waals surface area contributed by atoms with Gasteiger partial charge >= 0.3 is 0 Å². The molecule has 1 aromatic carbocycles. The Labute approximate surface area is 120 Å². The van der Waals surface area contributed by atoms with E-state index in [2.05, 4.69) is 23.1 Å². The Hall–Kier alpha value is -2.40. The molecule has 0 spiro atoms. The van der Waals surface area contributed by atoms with Gasteiger partial charge < -0.3 is 9.63 Å². The molecule has 0 aliphatic heterocycles. The molecule has 100 valence electrons. The summed E-state index contributed by atoms with van der Waals surface area (Å²) in [6.45, 7) is 2.06. The molecular weight excluding hydrogens is 272 g/mol. The number of thiophene rings is 1. The molecule has 0 aliphatic rings.